The van der Waals surface area contributed by atoms with Gasteiger partial charge < -0.3 is 14.7 Å². The summed E-state index contributed by atoms with van der Waals surface area (Å²) in [5.41, 5.74) is 2.15. The third kappa shape index (κ3) is 3.73. The van der Waals surface area contributed by atoms with Gasteiger partial charge in [0.05, 0.1) is 18.2 Å². The Morgan fingerprint density at radius 2 is 2.08 bits per heavy atom. The number of carboxylic acid groups (broad SMARTS) is 1. The van der Waals surface area contributed by atoms with E-state index in [4.69, 9.17) is 9.84 Å². The summed E-state index contributed by atoms with van der Waals surface area (Å²) in [6.45, 7) is 2.02. The number of benzene rings is 1. The topological polar surface area (TPSA) is 79.7 Å². The van der Waals surface area contributed by atoms with Crippen LogP contribution in [0.4, 0.5) is 0 Å². The van der Waals surface area contributed by atoms with Crippen LogP contribution in [0.25, 0.3) is 10.9 Å². The van der Waals surface area contributed by atoms with Gasteiger partial charge in [-0.1, -0.05) is 6.92 Å². The van der Waals surface area contributed by atoms with Gasteiger partial charge >= 0.3 is 5.97 Å². The summed E-state index contributed by atoms with van der Waals surface area (Å²) in [7, 11) is 1.57. The maximum atomic E-state index is 13.1. The van der Waals surface area contributed by atoms with Crippen LogP contribution in [-0.4, -0.2) is 47.1 Å². The Morgan fingerprint density at radius 3 is 2.68 bits per heavy atom. The minimum atomic E-state index is -1.01. The zero-order valence-corrected chi connectivity index (χ0v) is 14.5. The van der Waals surface area contributed by atoms with Crippen LogP contribution in [0.5, 0.6) is 5.75 Å². The summed E-state index contributed by atoms with van der Waals surface area (Å²) < 4.78 is 5.27. The fourth-order valence-electron chi connectivity index (χ4n) is 2.97. The standard InChI is InChI=1S/C19H22N2O4/c1-3-8-21(11-18(22)23)19(24)15-10-17(12-4-5-12)20-16-7-6-13(25-2)9-14(15)16/h6-7,9-10,12H,3-5,8,11H2,1-2H3,(H,22,23). The maximum Gasteiger partial charge on any atom is 0.323 e. The molecular formula is C19H22N2O4. The number of nitrogens with zero attached hydrogens (tertiary/aromatic N) is 2. The van der Waals surface area contributed by atoms with Gasteiger partial charge in [0.1, 0.15) is 12.3 Å². The summed E-state index contributed by atoms with van der Waals surface area (Å²) in [5.74, 6) is -0.244. The van der Waals surface area contributed by atoms with E-state index in [0.29, 0.717) is 35.6 Å². The Kier molecular flexibility index (Phi) is 4.88. The highest BCUT2D eigenvalue weighted by Gasteiger charge is 2.28. The maximum absolute atomic E-state index is 13.1. The number of aliphatic carboxylic acids is 1. The Balaban J connectivity index is 2.10. The average Bonchev–Trinajstić information content (AvgIpc) is 3.44. The predicted molar refractivity (Wildman–Crippen MR) is 94.1 cm³/mol. The number of carbonyl (C=O) groups excluding carboxylic acids is 1. The van der Waals surface area contributed by atoms with Gasteiger partial charge in [0, 0.05) is 23.5 Å². The number of pyridine rings is 1. The number of aromatic nitrogens is 1. The lowest BCUT2D eigenvalue weighted by Gasteiger charge is -2.21. The van der Waals surface area contributed by atoms with Crippen molar-refractivity contribution in [1.29, 1.82) is 0 Å². The highest BCUT2D eigenvalue weighted by Crippen LogP contribution is 2.40. The fraction of sp³-hybridized carbons (Fsp3) is 0.421. The van der Waals surface area contributed by atoms with Crippen molar-refractivity contribution in [2.24, 2.45) is 0 Å². The van der Waals surface area contributed by atoms with Crippen LogP contribution >= 0.6 is 0 Å². The molecule has 0 radical (unpaired) electrons. The van der Waals surface area contributed by atoms with E-state index in [0.717, 1.165) is 24.1 Å². The van der Waals surface area contributed by atoms with Crippen molar-refractivity contribution in [2.75, 3.05) is 20.2 Å². The number of carboxylic acids is 1. The first kappa shape index (κ1) is 17.2. The SMILES string of the molecule is CCCN(CC(=O)O)C(=O)c1cc(C2CC2)nc2ccc(OC)cc12. The molecule has 0 spiro atoms. The first-order valence-electron chi connectivity index (χ1n) is 8.53. The average molecular weight is 342 g/mol. The summed E-state index contributed by atoms with van der Waals surface area (Å²) in [5, 5.41) is 9.82. The van der Waals surface area contributed by atoms with E-state index < -0.39 is 5.97 Å². The van der Waals surface area contributed by atoms with Crippen molar-refractivity contribution in [3.8, 4) is 5.75 Å². The minimum Gasteiger partial charge on any atom is -0.497 e. The van der Waals surface area contributed by atoms with Crippen LogP contribution in [-0.2, 0) is 4.79 Å². The van der Waals surface area contributed by atoms with Crippen LogP contribution in [0, 0.1) is 0 Å². The van der Waals surface area contributed by atoms with Gasteiger partial charge in [0.2, 0.25) is 0 Å². The van der Waals surface area contributed by atoms with E-state index in [-0.39, 0.29) is 12.5 Å². The molecule has 2 aromatic rings. The third-order valence-electron chi connectivity index (χ3n) is 4.37. The molecule has 1 amide bonds. The van der Waals surface area contributed by atoms with Crippen molar-refractivity contribution in [1.82, 2.24) is 9.88 Å². The number of rotatable bonds is 7. The van der Waals surface area contributed by atoms with Gasteiger partial charge in [0.25, 0.3) is 5.91 Å². The Labute approximate surface area is 146 Å². The van der Waals surface area contributed by atoms with Gasteiger partial charge in [-0.2, -0.15) is 0 Å². The molecule has 25 heavy (non-hydrogen) atoms. The first-order chi connectivity index (χ1) is 12.0. The van der Waals surface area contributed by atoms with Crippen LogP contribution in [0.3, 0.4) is 0 Å². The molecule has 0 aliphatic heterocycles. The number of fused-ring (bicyclic) bond motifs is 1. The zero-order valence-electron chi connectivity index (χ0n) is 14.5. The molecule has 0 atom stereocenters. The molecule has 1 saturated carbocycles. The molecule has 1 aliphatic rings. The number of hydrogen-bond donors (Lipinski definition) is 1. The molecule has 6 nitrogen and oxygen atoms in total. The van der Waals surface area contributed by atoms with E-state index in [2.05, 4.69) is 4.98 Å². The van der Waals surface area contributed by atoms with Gasteiger partial charge in [-0.3, -0.25) is 14.6 Å². The highest BCUT2D eigenvalue weighted by atomic mass is 16.5. The lowest BCUT2D eigenvalue weighted by atomic mass is 10.0. The summed E-state index contributed by atoms with van der Waals surface area (Å²) in [6, 6.07) is 7.28. The Morgan fingerprint density at radius 1 is 1.32 bits per heavy atom. The van der Waals surface area contributed by atoms with E-state index >= 15 is 0 Å². The molecule has 1 fully saturated rings. The summed E-state index contributed by atoms with van der Waals surface area (Å²) in [4.78, 5) is 30.3. The molecule has 0 bridgehead atoms. The second kappa shape index (κ2) is 7.09. The quantitative estimate of drug-likeness (QED) is 0.836. The van der Waals surface area contributed by atoms with Crippen molar-refractivity contribution >= 4 is 22.8 Å². The second-order valence-electron chi connectivity index (χ2n) is 6.37. The monoisotopic (exact) mass is 342 g/mol. The van der Waals surface area contributed by atoms with E-state index in [1.54, 1.807) is 13.2 Å². The van der Waals surface area contributed by atoms with Gasteiger partial charge in [-0.25, -0.2) is 0 Å². The molecule has 1 aromatic heterocycles. The van der Waals surface area contributed by atoms with Crippen LogP contribution in [0.15, 0.2) is 24.3 Å². The number of ether oxygens (including phenoxy) is 1. The lowest BCUT2D eigenvalue weighted by Crippen LogP contribution is -2.36. The van der Waals surface area contributed by atoms with Crippen LogP contribution < -0.4 is 4.74 Å². The fourth-order valence-corrected chi connectivity index (χ4v) is 2.97. The molecule has 1 aromatic carbocycles. The largest absolute Gasteiger partial charge is 0.497 e. The number of carbonyl (C=O) groups is 2. The van der Waals surface area contributed by atoms with Crippen LogP contribution in [0.1, 0.15) is 48.2 Å². The second-order valence-corrected chi connectivity index (χ2v) is 6.37. The Bertz CT molecular complexity index is 814. The van der Waals surface area contributed by atoms with Gasteiger partial charge in [-0.15, -0.1) is 0 Å². The number of amides is 1. The normalized spacial score (nSPS) is 13.7. The number of methoxy groups -OCH3 is 1. The molecule has 132 valence electrons. The molecule has 1 heterocycles. The molecular weight excluding hydrogens is 320 g/mol. The van der Waals surface area contributed by atoms with Gasteiger partial charge in [-0.05, 0) is 43.5 Å². The predicted octanol–water partition coefficient (Wildman–Crippen LogP) is 3.06. The number of hydrogen-bond acceptors (Lipinski definition) is 4. The third-order valence-corrected chi connectivity index (χ3v) is 4.37. The first-order valence-corrected chi connectivity index (χ1v) is 8.53. The molecule has 0 saturated heterocycles. The molecule has 6 heteroatoms. The highest BCUT2D eigenvalue weighted by molar-refractivity contribution is 6.07. The van der Waals surface area contributed by atoms with E-state index in [9.17, 15) is 9.59 Å². The van der Waals surface area contributed by atoms with Gasteiger partial charge in [0.15, 0.2) is 0 Å². The summed E-state index contributed by atoms with van der Waals surface area (Å²) in [6.07, 6.45) is 2.85. The van der Waals surface area contributed by atoms with Crippen molar-refractivity contribution in [3.05, 3.63) is 35.5 Å². The smallest absolute Gasteiger partial charge is 0.323 e. The zero-order chi connectivity index (χ0) is 18.0. The lowest BCUT2D eigenvalue weighted by molar-refractivity contribution is -0.137. The molecule has 1 N–H and O–H groups in total. The van der Waals surface area contributed by atoms with Crippen molar-refractivity contribution < 1.29 is 19.4 Å². The van der Waals surface area contributed by atoms with Crippen molar-refractivity contribution in [2.45, 2.75) is 32.1 Å². The van der Waals surface area contributed by atoms with E-state index in [1.165, 1.54) is 4.90 Å². The van der Waals surface area contributed by atoms with Crippen LogP contribution in [0.2, 0.25) is 0 Å². The Hall–Kier alpha value is -2.63. The molecule has 0 unspecified atom stereocenters. The summed E-state index contributed by atoms with van der Waals surface area (Å²) >= 11 is 0. The molecule has 3 rings (SSSR count). The van der Waals surface area contributed by atoms with Crippen molar-refractivity contribution in [3.63, 3.8) is 0 Å². The van der Waals surface area contributed by atoms with E-state index in [1.807, 2.05) is 25.1 Å². The molecule has 1 aliphatic carbocycles. The minimum absolute atomic E-state index is 0.271.